The monoisotopic (exact) mass is 459 g/mol. The third-order valence-corrected chi connectivity index (χ3v) is 5.87. The molecule has 4 unspecified atom stereocenters. The van der Waals surface area contributed by atoms with Gasteiger partial charge in [-0.25, -0.2) is 9.36 Å². The normalized spacial score (nSPS) is 29.2. The first-order valence-corrected chi connectivity index (χ1v) is 10.8. The summed E-state index contributed by atoms with van der Waals surface area (Å²) < 4.78 is 32.3. The van der Waals surface area contributed by atoms with E-state index in [-0.39, 0.29) is 13.2 Å². The fourth-order valence-electron chi connectivity index (χ4n) is 3.05. The Kier molecular flexibility index (Phi) is 10.3. The SMILES string of the molecule is CCOP(=O)(OCC)OC[C@@H](O)CC1OC(O)(C(=O)O)CC(O)C1[C@H](O)NC(C)=O. The molecule has 13 nitrogen and oxygen atoms in total. The first kappa shape index (κ1) is 26.9. The van der Waals surface area contributed by atoms with Gasteiger partial charge in [-0.1, -0.05) is 0 Å². The molecule has 0 aliphatic carbocycles. The highest BCUT2D eigenvalue weighted by Gasteiger charge is 2.53. The first-order valence-electron chi connectivity index (χ1n) is 9.36. The average molecular weight is 459 g/mol. The van der Waals surface area contributed by atoms with Gasteiger partial charge in [0, 0.05) is 19.8 Å². The molecule has 14 heteroatoms. The number of aliphatic hydroxyl groups excluding tert-OH is 3. The van der Waals surface area contributed by atoms with Crippen LogP contribution >= 0.6 is 7.82 Å². The van der Waals surface area contributed by atoms with Crippen molar-refractivity contribution in [2.45, 2.75) is 63.9 Å². The van der Waals surface area contributed by atoms with Gasteiger partial charge in [-0.15, -0.1) is 0 Å². The molecule has 1 fully saturated rings. The number of aliphatic carboxylic acids is 1. The van der Waals surface area contributed by atoms with Crippen molar-refractivity contribution < 1.29 is 58.0 Å². The molecule has 0 radical (unpaired) electrons. The van der Waals surface area contributed by atoms with Crippen molar-refractivity contribution in [2.75, 3.05) is 19.8 Å². The fraction of sp³-hybridized carbons (Fsp3) is 0.875. The summed E-state index contributed by atoms with van der Waals surface area (Å²) in [7, 11) is -3.93. The number of phosphoric ester groups is 1. The van der Waals surface area contributed by atoms with Crippen LogP contribution in [-0.2, 0) is 32.5 Å². The highest BCUT2D eigenvalue weighted by atomic mass is 31.2. The molecule has 1 aliphatic heterocycles. The van der Waals surface area contributed by atoms with Crippen molar-refractivity contribution in [1.29, 1.82) is 0 Å². The molecule has 0 bridgehead atoms. The molecule has 176 valence electrons. The molecule has 1 amide bonds. The molecule has 1 aliphatic rings. The lowest BCUT2D eigenvalue weighted by molar-refractivity contribution is -0.297. The third kappa shape index (κ3) is 7.52. The molecule has 0 aromatic carbocycles. The van der Waals surface area contributed by atoms with Crippen LogP contribution in [0.15, 0.2) is 0 Å². The smallest absolute Gasteiger partial charge is 0.474 e. The second-order valence-electron chi connectivity index (χ2n) is 6.71. The highest BCUT2D eigenvalue weighted by Crippen LogP contribution is 2.49. The van der Waals surface area contributed by atoms with Gasteiger partial charge in [0.2, 0.25) is 5.91 Å². The number of carbonyl (C=O) groups excluding carboxylic acids is 1. The quantitative estimate of drug-likeness (QED) is 0.153. The van der Waals surface area contributed by atoms with Crippen molar-refractivity contribution in [3.8, 4) is 0 Å². The van der Waals surface area contributed by atoms with Crippen molar-refractivity contribution >= 4 is 19.7 Å². The lowest BCUT2D eigenvalue weighted by Gasteiger charge is -2.44. The van der Waals surface area contributed by atoms with Gasteiger partial charge in [0.25, 0.3) is 5.79 Å². The Morgan fingerprint density at radius 1 is 1.23 bits per heavy atom. The fourth-order valence-corrected chi connectivity index (χ4v) is 4.26. The molecule has 1 saturated heterocycles. The summed E-state index contributed by atoms with van der Waals surface area (Å²) in [5.74, 6) is -6.47. The number of nitrogens with one attached hydrogen (secondary N) is 1. The predicted octanol–water partition coefficient (Wildman–Crippen LogP) is -1.07. The number of hydrogen-bond donors (Lipinski definition) is 6. The van der Waals surface area contributed by atoms with Gasteiger partial charge in [0.05, 0.1) is 44.1 Å². The third-order valence-electron chi connectivity index (χ3n) is 4.26. The van der Waals surface area contributed by atoms with Crippen molar-refractivity contribution in [3.63, 3.8) is 0 Å². The molecule has 1 heterocycles. The maximum absolute atomic E-state index is 12.3. The molecular formula is C16H30NO12P. The van der Waals surface area contributed by atoms with Gasteiger partial charge in [0.15, 0.2) is 0 Å². The van der Waals surface area contributed by atoms with Crippen LogP contribution in [0.25, 0.3) is 0 Å². The van der Waals surface area contributed by atoms with Crippen LogP contribution < -0.4 is 5.32 Å². The van der Waals surface area contributed by atoms with E-state index in [9.17, 15) is 39.7 Å². The van der Waals surface area contributed by atoms with Gasteiger partial charge in [-0.05, 0) is 13.8 Å². The van der Waals surface area contributed by atoms with Gasteiger partial charge < -0.3 is 35.6 Å². The van der Waals surface area contributed by atoms with E-state index in [1.54, 1.807) is 13.8 Å². The number of rotatable bonds is 12. The number of carbonyl (C=O) groups is 2. The number of hydrogen-bond acceptors (Lipinski definition) is 11. The van der Waals surface area contributed by atoms with Crippen molar-refractivity contribution in [2.24, 2.45) is 5.92 Å². The molecule has 6 N–H and O–H groups in total. The van der Waals surface area contributed by atoms with Gasteiger partial charge in [-0.3, -0.25) is 18.4 Å². The Morgan fingerprint density at radius 3 is 2.27 bits per heavy atom. The Balaban J connectivity index is 2.95. The van der Waals surface area contributed by atoms with Crippen LogP contribution in [0.1, 0.15) is 33.6 Å². The maximum Gasteiger partial charge on any atom is 0.474 e. The highest BCUT2D eigenvalue weighted by molar-refractivity contribution is 7.48. The molecule has 6 atom stereocenters. The lowest BCUT2D eigenvalue weighted by Crippen LogP contribution is -2.61. The number of phosphoric acid groups is 1. The molecule has 30 heavy (non-hydrogen) atoms. The van der Waals surface area contributed by atoms with E-state index in [1.165, 1.54) is 0 Å². The minimum atomic E-state index is -3.93. The van der Waals surface area contributed by atoms with Crippen LogP contribution in [0.4, 0.5) is 0 Å². The zero-order chi connectivity index (χ0) is 23.1. The van der Waals surface area contributed by atoms with Crippen LogP contribution in [0.5, 0.6) is 0 Å². The van der Waals surface area contributed by atoms with Crippen molar-refractivity contribution in [3.05, 3.63) is 0 Å². The zero-order valence-electron chi connectivity index (χ0n) is 17.0. The minimum absolute atomic E-state index is 0.0158. The number of amides is 1. The zero-order valence-corrected chi connectivity index (χ0v) is 17.9. The summed E-state index contributed by atoms with van der Waals surface area (Å²) in [4.78, 5) is 22.6. The minimum Gasteiger partial charge on any atom is -0.477 e. The Hall–Kier alpha value is -1.15. The molecule has 0 aromatic heterocycles. The average Bonchev–Trinajstić information content (AvgIpc) is 2.59. The summed E-state index contributed by atoms with van der Waals surface area (Å²) >= 11 is 0. The van der Waals surface area contributed by atoms with Gasteiger partial charge in [0.1, 0.15) is 6.23 Å². The maximum atomic E-state index is 12.3. The molecule has 1 rings (SSSR count). The molecule has 0 aromatic rings. The van der Waals surface area contributed by atoms with E-state index >= 15 is 0 Å². The number of aliphatic hydroxyl groups is 4. The summed E-state index contributed by atoms with van der Waals surface area (Å²) in [5, 5.41) is 52.2. The van der Waals surface area contributed by atoms with E-state index in [4.69, 9.17) is 18.3 Å². The number of carboxylic acid groups (broad SMARTS) is 1. The lowest BCUT2D eigenvalue weighted by atomic mass is 9.83. The summed E-state index contributed by atoms with van der Waals surface area (Å²) in [6, 6.07) is 0. The topological polar surface area (TPSA) is 201 Å². The van der Waals surface area contributed by atoms with Crippen LogP contribution in [0, 0.1) is 5.92 Å². The largest absolute Gasteiger partial charge is 0.477 e. The van der Waals surface area contributed by atoms with Crippen molar-refractivity contribution in [1.82, 2.24) is 5.32 Å². The summed E-state index contributed by atoms with van der Waals surface area (Å²) in [6.07, 6.45) is -7.36. The van der Waals surface area contributed by atoms with E-state index in [1.807, 2.05) is 0 Å². The first-order chi connectivity index (χ1) is 13.9. The van der Waals surface area contributed by atoms with Gasteiger partial charge >= 0.3 is 13.8 Å². The summed E-state index contributed by atoms with van der Waals surface area (Å²) in [5.41, 5.74) is 0. The van der Waals surface area contributed by atoms with Gasteiger partial charge in [-0.2, -0.15) is 0 Å². The number of carboxylic acids is 1. The second-order valence-corrected chi connectivity index (χ2v) is 8.38. The van der Waals surface area contributed by atoms with Crippen LogP contribution in [-0.4, -0.2) is 87.6 Å². The molecular weight excluding hydrogens is 429 g/mol. The second kappa shape index (κ2) is 11.5. The molecule has 0 spiro atoms. The standard InChI is InChI=1S/C16H30NO12P/c1-4-26-30(25,27-5-2)28-8-10(19)6-12-13(14(21)17-9(3)18)11(20)7-16(24,29-12)15(22)23/h10-14,19-21,24H,4-8H2,1-3H3,(H,17,18)(H,22,23)/t10-,11?,12?,13?,14-,16?/m0/s1. The van der Waals surface area contributed by atoms with Crippen LogP contribution in [0.2, 0.25) is 0 Å². The van der Waals surface area contributed by atoms with Crippen LogP contribution in [0.3, 0.4) is 0 Å². The predicted molar refractivity (Wildman–Crippen MR) is 98.8 cm³/mol. The Morgan fingerprint density at radius 2 is 1.80 bits per heavy atom. The van der Waals surface area contributed by atoms with E-state index in [0.29, 0.717) is 0 Å². The number of ether oxygens (including phenoxy) is 1. The van der Waals surface area contributed by atoms with E-state index in [0.717, 1.165) is 6.92 Å². The molecule has 0 saturated carbocycles. The van der Waals surface area contributed by atoms with E-state index < -0.39 is 75.4 Å². The Bertz CT molecular complexity index is 623. The Labute approximate surface area is 173 Å². The van der Waals surface area contributed by atoms with E-state index in [2.05, 4.69) is 5.32 Å². The summed E-state index contributed by atoms with van der Waals surface area (Å²) in [6.45, 7) is 3.68.